The number of nitrogens with zero attached hydrogens (tertiary/aromatic N) is 3. The van der Waals surface area contributed by atoms with Crippen molar-refractivity contribution >= 4 is 11.7 Å². The molecule has 0 saturated heterocycles. The van der Waals surface area contributed by atoms with Gasteiger partial charge in [0.1, 0.15) is 11.5 Å². The number of hydrogen-bond acceptors (Lipinski definition) is 3. The Hall–Kier alpha value is -2.89. The van der Waals surface area contributed by atoms with Crippen molar-refractivity contribution < 1.29 is 4.79 Å². The standard InChI is InChI=1S/C21H27N5O/c1-20(2,3)17-13-18(26(25-17)21(4,5)6)22-19(27)16-12-15(23-24-16)14-10-8-7-9-11-14/h7-13H,1-6H3,(H,22,27)(H,23,24). The Kier molecular flexibility index (Phi) is 4.68. The molecule has 0 atom stereocenters. The molecule has 2 N–H and O–H groups in total. The van der Waals surface area contributed by atoms with Crippen LogP contribution >= 0.6 is 0 Å². The molecule has 0 aliphatic carbocycles. The molecular weight excluding hydrogens is 338 g/mol. The Labute approximate surface area is 160 Å². The molecule has 6 heteroatoms. The van der Waals surface area contributed by atoms with Crippen molar-refractivity contribution in [3.05, 3.63) is 53.9 Å². The molecule has 1 amide bonds. The third-order valence-electron chi connectivity index (χ3n) is 4.25. The van der Waals surface area contributed by atoms with E-state index in [1.54, 1.807) is 6.07 Å². The molecule has 0 radical (unpaired) electrons. The van der Waals surface area contributed by atoms with Crippen LogP contribution in [0.5, 0.6) is 0 Å². The van der Waals surface area contributed by atoms with Crippen LogP contribution in [0.3, 0.4) is 0 Å². The first-order chi connectivity index (χ1) is 12.6. The predicted molar refractivity (Wildman–Crippen MR) is 108 cm³/mol. The van der Waals surface area contributed by atoms with E-state index in [1.807, 2.05) is 41.1 Å². The van der Waals surface area contributed by atoms with E-state index >= 15 is 0 Å². The van der Waals surface area contributed by atoms with Gasteiger partial charge in [-0.15, -0.1) is 0 Å². The van der Waals surface area contributed by atoms with Gasteiger partial charge in [0.05, 0.1) is 16.9 Å². The van der Waals surface area contributed by atoms with Crippen LogP contribution in [0.2, 0.25) is 0 Å². The molecule has 2 aromatic heterocycles. The molecule has 2 heterocycles. The van der Waals surface area contributed by atoms with Crippen LogP contribution < -0.4 is 5.32 Å². The zero-order valence-electron chi connectivity index (χ0n) is 16.8. The van der Waals surface area contributed by atoms with Gasteiger partial charge in [-0.2, -0.15) is 10.2 Å². The number of aromatic amines is 1. The molecule has 0 aliphatic rings. The fourth-order valence-electron chi connectivity index (χ4n) is 2.73. The maximum atomic E-state index is 12.8. The molecule has 27 heavy (non-hydrogen) atoms. The number of anilines is 1. The molecule has 3 aromatic rings. The van der Waals surface area contributed by atoms with Gasteiger partial charge in [0, 0.05) is 17.0 Å². The first kappa shape index (κ1) is 18.9. The smallest absolute Gasteiger partial charge is 0.274 e. The highest BCUT2D eigenvalue weighted by atomic mass is 16.2. The van der Waals surface area contributed by atoms with E-state index in [-0.39, 0.29) is 16.9 Å². The summed E-state index contributed by atoms with van der Waals surface area (Å²) in [5.41, 5.74) is 2.68. The van der Waals surface area contributed by atoms with Crippen LogP contribution in [0.4, 0.5) is 5.82 Å². The van der Waals surface area contributed by atoms with Crippen molar-refractivity contribution in [2.24, 2.45) is 0 Å². The molecule has 0 spiro atoms. The Morgan fingerprint density at radius 2 is 1.70 bits per heavy atom. The van der Waals surface area contributed by atoms with Crippen LogP contribution in [-0.4, -0.2) is 25.9 Å². The molecule has 0 bridgehead atoms. The van der Waals surface area contributed by atoms with Gasteiger partial charge in [0.15, 0.2) is 0 Å². The fraction of sp³-hybridized carbons (Fsp3) is 0.381. The number of benzene rings is 1. The van der Waals surface area contributed by atoms with Crippen molar-refractivity contribution in [2.75, 3.05) is 5.32 Å². The van der Waals surface area contributed by atoms with Crippen molar-refractivity contribution in [3.63, 3.8) is 0 Å². The Balaban J connectivity index is 1.88. The second-order valence-electron chi connectivity index (χ2n) is 8.73. The number of aromatic nitrogens is 4. The minimum absolute atomic E-state index is 0.107. The van der Waals surface area contributed by atoms with Gasteiger partial charge in [-0.05, 0) is 26.8 Å². The number of H-pyrrole nitrogens is 1. The number of rotatable bonds is 3. The zero-order valence-corrected chi connectivity index (χ0v) is 16.8. The SMILES string of the molecule is CC(C)(C)c1cc(NC(=O)c2cc(-c3ccccc3)n[nH]2)n(C(C)(C)C)n1. The van der Waals surface area contributed by atoms with Gasteiger partial charge >= 0.3 is 0 Å². The first-order valence-corrected chi connectivity index (χ1v) is 9.09. The summed E-state index contributed by atoms with van der Waals surface area (Å²) in [7, 11) is 0. The zero-order chi connectivity index (χ0) is 19.8. The van der Waals surface area contributed by atoms with Gasteiger partial charge in [-0.3, -0.25) is 9.89 Å². The molecule has 142 valence electrons. The summed E-state index contributed by atoms with van der Waals surface area (Å²) in [6.07, 6.45) is 0. The molecule has 0 aliphatic heterocycles. The maximum Gasteiger partial charge on any atom is 0.274 e. The minimum Gasteiger partial charge on any atom is -0.305 e. The van der Waals surface area contributed by atoms with E-state index < -0.39 is 0 Å². The lowest BCUT2D eigenvalue weighted by atomic mass is 9.92. The second kappa shape index (κ2) is 6.68. The van der Waals surface area contributed by atoms with Crippen molar-refractivity contribution in [2.45, 2.75) is 52.5 Å². The van der Waals surface area contributed by atoms with Gasteiger partial charge in [0.2, 0.25) is 0 Å². The van der Waals surface area contributed by atoms with Crippen molar-refractivity contribution in [1.82, 2.24) is 20.0 Å². The lowest BCUT2D eigenvalue weighted by Gasteiger charge is -2.22. The van der Waals surface area contributed by atoms with E-state index in [0.29, 0.717) is 11.5 Å². The van der Waals surface area contributed by atoms with Crippen LogP contribution in [-0.2, 0) is 11.0 Å². The highest BCUT2D eigenvalue weighted by Crippen LogP contribution is 2.28. The van der Waals surface area contributed by atoms with Crippen LogP contribution in [0, 0.1) is 0 Å². The van der Waals surface area contributed by atoms with Crippen LogP contribution in [0.25, 0.3) is 11.3 Å². The molecule has 0 fully saturated rings. The van der Waals surface area contributed by atoms with E-state index in [2.05, 4.69) is 57.1 Å². The second-order valence-corrected chi connectivity index (χ2v) is 8.73. The Morgan fingerprint density at radius 1 is 1.04 bits per heavy atom. The average molecular weight is 365 g/mol. The highest BCUT2D eigenvalue weighted by molar-refractivity contribution is 6.03. The number of amides is 1. The number of carbonyl (C=O) groups is 1. The van der Waals surface area contributed by atoms with E-state index in [9.17, 15) is 4.79 Å². The molecule has 3 rings (SSSR count). The molecule has 0 unspecified atom stereocenters. The number of nitrogens with one attached hydrogen (secondary N) is 2. The monoisotopic (exact) mass is 365 g/mol. The summed E-state index contributed by atoms with van der Waals surface area (Å²) in [4.78, 5) is 12.8. The summed E-state index contributed by atoms with van der Waals surface area (Å²) in [5, 5.41) is 14.8. The summed E-state index contributed by atoms with van der Waals surface area (Å²) in [6, 6.07) is 13.5. The van der Waals surface area contributed by atoms with Crippen molar-refractivity contribution in [3.8, 4) is 11.3 Å². The highest BCUT2D eigenvalue weighted by Gasteiger charge is 2.26. The molecular formula is C21H27N5O. The Morgan fingerprint density at radius 3 is 2.30 bits per heavy atom. The predicted octanol–water partition coefficient (Wildman–Crippen LogP) is 4.58. The summed E-state index contributed by atoms with van der Waals surface area (Å²) < 4.78 is 1.86. The lowest BCUT2D eigenvalue weighted by Crippen LogP contribution is -2.27. The molecule has 0 saturated carbocycles. The topological polar surface area (TPSA) is 75.6 Å². The summed E-state index contributed by atoms with van der Waals surface area (Å²) in [5.74, 6) is 0.434. The molecule has 1 aromatic carbocycles. The Bertz CT molecular complexity index is 939. The normalized spacial score (nSPS) is 12.2. The fourth-order valence-corrected chi connectivity index (χ4v) is 2.73. The lowest BCUT2D eigenvalue weighted by molar-refractivity contribution is 0.102. The number of hydrogen-bond donors (Lipinski definition) is 2. The van der Waals surface area contributed by atoms with Crippen LogP contribution in [0.15, 0.2) is 42.5 Å². The average Bonchev–Trinajstić information content (AvgIpc) is 3.22. The first-order valence-electron chi connectivity index (χ1n) is 9.09. The summed E-state index contributed by atoms with van der Waals surface area (Å²) in [6.45, 7) is 12.5. The molecule has 6 nitrogen and oxygen atoms in total. The largest absolute Gasteiger partial charge is 0.305 e. The number of carbonyl (C=O) groups excluding carboxylic acids is 1. The minimum atomic E-state index is -0.255. The van der Waals surface area contributed by atoms with Gasteiger partial charge < -0.3 is 5.32 Å². The quantitative estimate of drug-likeness (QED) is 0.713. The van der Waals surface area contributed by atoms with Gasteiger partial charge in [-0.25, -0.2) is 4.68 Å². The summed E-state index contributed by atoms with van der Waals surface area (Å²) >= 11 is 0. The van der Waals surface area contributed by atoms with Crippen LogP contribution in [0.1, 0.15) is 57.7 Å². The van der Waals surface area contributed by atoms with E-state index in [0.717, 1.165) is 17.0 Å². The van der Waals surface area contributed by atoms with Crippen molar-refractivity contribution in [1.29, 1.82) is 0 Å². The third-order valence-corrected chi connectivity index (χ3v) is 4.25. The third kappa shape index (κ3) is 4.10. The van der Waals surface area contributed by atoms with Gasteiger partial charge in [0.25, 0.3) is 5.91 Å². The van der Waals surface area contributed by atoms with E-state index in [1.165, 1.54) is 0 Å². The van der Waals surface area contributed by atoms with Gasteiger partial charge in [-0.1, -0.05) is 51.1 Å². The van der Waals surface area contributed by atoms with E-state index in [4.69, 9.17) is 5.10 Å². The maximum absolute atomic E-state index is 12.8.